The van der Waals surface area contributed by atoms with Gasteiger partial charge in [0.05, 0.1) is 17.5 Å². The van der Waals surface area contributed by atoms with E-state index in [1.165, 1.54) is 4.40 Å². The van der Waals surface area contributed by atoms with Gasteiger partial charge < -0.3 is 0 Å². The van der Waals surface area contributed by atoms with Gasteiger partial charge in [-0.1, -0.05) is 65.3 Å². The molecule has 0 spiro atoms. The van der Waals surface area contributed by atoms with Crippen LogP contribution in [-0.4, -0.2) is 4.40 Å². The van der Waals surface area contributed by atoms with Crippen molar-refractivity contribution in [3.05, 3.63) is 104 Å². The van der Waals surface area contributed by atoms with Gasteiger partial charge in [-0.2, -0.15) is 5.26 Å². The number of allylic oxidation sites excluding steroid dienone is 4. The second kappa shape index (κ2) is 7.13. The molecule has 0 saturated carbocycles. The van der Waals surface area contributed by atoms with Crippen LogP contribution in [0.3, 0.4) is 0 Å². The van der Waals surface area contributed by atoms with Gasteiger partial charge in [0, 0.05) is 26.0 Å². The lowest BCUT2D eigenvalue weighted by molar-refractivity contribution is 0.632. The highest BCUT2D eigenvalue weighted by Crippen LogP contribution is 2.37. The molecule has 0 aliphatic heterocycles. The normalized spacial score (nSPS) is 18.3. The van der Waals surface area contributed by atoms with Crippen molar-refractivity contribution >= 4 is 59.3 Å². The Labute approximate surface area is 197 Å². The highest BCUT2D eigenvalue weighted by molar-refractivity contribution is 9.10. The number of fused-ring (bicyclic) bond motifs is 4. The standard InChI is InChI=1S/C28H17BrN2O2/c1-15-5-4-8-18(25(15)14-30)16-9-10-21-22(11-16)24-13-17(29)12-23-19-6-2-3-7-20(19)27(32)31(26(23)24)28(21)33/h2-13,15,25H,1H3. The van der Waals surface area contributed by atoms with Crippen molar-refractivity contribution in [2.24, 2.45) is 11.8 Å². The monoisotopic (exact) mass is 492 g/mol. The van der Waals surface area contributed by atoms with Gasteiger partial charge in [-0.25, -0.2) is 4.40 Å². The van der Waals surface area contributed by atoms with Crippen molar-refractivity contribution in [1.82, 2.24) is 4.40 Å². The Morgan fingerprint density at radius 3 is 2.27 bits per heavy atom. The zero-order valence-electron chi connectivity index (χ0n) is 17.7. The molecule has 4 nitrogen and oxygen atoms in total. The van der Waals surface area contributed by atoms with Crippen LogP contribution in [0, 0.1) is 23.2 Å². The number of halogens is 1. The van der Waals surface area contributed by atoms with Gasteiger partial charge in [-0.15, -0.1) is 0 Å². The van der Waals surface area contributed by atoms with E-state index in [-0.39, 0.29) is 23.0 Å². The number of nitriles is 1. The molecule has 2 heterocycles. The van der Waals surface area contributed by atoms with Gasteiger partial charge >= 0.3 is 0 Å². The van der Waals surface area contributed by atoms with E-state index < -0.39 is 0 Å². The molecular formula is C28H17BrN2O2. The summed E-state index contributed by atoms with van der Waals surface area (Å²) in [4.78, 5) is 27.0. The number of rotatable bonds is 1. The molecule has 5 aromatic rings. The zero-order valence-corrected chi connectivity index (χ0v) is 19.3. The minimum Gasteiger partial charge on any atom is -0.268 e. The molecule has 0 fully saturated rings. The van der Waals surface area contributed by atoms with Crippen molar-refractivity contribution < 1.29 is 0 Å². The second-order valence-electron chi connectivity index (χ2n) is 8.57. The van der Waals surface area contributed by atoms with Crippen molar-refractivity contribution in [2.45, 2.75) is 6.92 Å². The third-order valence-corrected chi connectivity index (χ3v) is 7.17. The lowest BCUT2D eigenvalue weighted by atomic mass is 9.80. The van der Waals surface area contributed by atoms with Gasteiger partial charge in [-0.3, -0.25) is 9.59 Å². The maximum atomic E-state index is 13.6. The first-order valence-corrected chi connectivity index (χ1v) is 11.5. The topological polar surface area (TPSA) is 62.3 Å². The average molecular weight is 493 g/mol. The highest BCUT2D eigenvalue weighted by atomic mass is 79.9. The van der Waals surface area contributed by atoms with Crippen LogP contribution < -0.4 is 11.1 Å². The van der Waals surface area contributed by atoms with E-state index >= 15 is 0 Å². The van der Waals surface area contributed by atoms with Crippen molar-refractivity contribution in [1.29, 1.82) is 5.26 Å². The quantitative estimate of drug-likeness (QED) is 0.211. The molecule has 0 bridgehead atoms. The van der Waals surface area contributed by atoms with Crippen LogP contribution in [0.4, 0.5) is 0 Å². The van der Waals surface area contributed by atoms with Crippen LogP contribution in [-0.2, 0) is 0 Å². The number of aromatic nitrogens is 1. The smallest absolute Gasteiger partial charge is 0.266 e. The molecule has 2 aromatic heterocycles. The van der Waals surface area contributed by atoms with E-state index in [0.717, 1.165) is 37.2 Å². The molecule has 2 atom stereocenters. The number of hydrogen-bond donors (Lipinski definition) is 0. The first-order chi connectivity index (χ1) is 16.0. The largest absolute Gasteiger partial charge is 0.268 e. The summed E-state index contributed by atoms with van der Waals surface area (Å²) in [7, 11) is 0. The maximum Gasteiger partial charge on any atom is 0.266 e. The fourth-order valence-corrected chi connectivity index (χ4v) is 5.58. The van der Waals surface area contributed by atoms with Crippen LogP contribution in [0.5, 0.6) is 0 Å². The molecule has 0 amide bonds. The number of pyridine rings is 2. The summed E-state index contributed by atoms with van der Waals surface area (Å²) in [5.41, 5.74) is 1.85. The summed E-state index contributed by atoms with van der Waals surface area (Å²) in [6.07, 6.45) is 5.99. The fraction of sp³-hybridized carbons (Fsp3) is 0.107. The average Bonchev–Trinajstić information content (AvgIpc) is 2.83. The fourth-order valence-electron chi connectivity index (χ4n) is 5.12. The van der Waals surface area contributed by atoms with E-state index in [2.05, 4.69) is 22.0 Å². The molecule has 0 N–H and O–H groups in total. The van der Waals surface area contributed by atoms with Gasteiger partial charge in [0.25, 0.3) is 11.1 Å². The molecule has 0 saturated heterocycles. The van der Waals surface area contributed by atoms with E-state index in [1.54, 1.807) is 12.1 Å². The van der Waals surface area contributed by atoms with Crippen LogP contribution in [0.15, 0.2) is 86.9 Å². The van der Waals surface area contributed by atoms with Crippen molar-refractivity contribution in [3.63, 3.8) is 0 Å². The molecular weight excluding hydrogens is 476 g/mol. The van der Waals surface area contributed by atoms with Crippen LogP contribution in [0.2, 0.25) is 0 Å². The Bertz CT molecular complexity index is 1860. The predicted molar refractivity (Wildman–Crippen MR) is 137 cm³/mol. The maximum absolute atomic E-state index is 13.6. The van der Waals surface area contributed by atoms with Gasteiger partial charge in [0.15, 0.2) is 0 Å². The molecule has 2 unspecified atom stereocenters. The Morgan fingerprint density at radius 1 is 0.879 bits per heavy atom. The Kier molecular flexibility index (Phi) is 4.30. The third-order valence-electron chi connectivity index (χ3n) is 6.72. The Hall–Kier alpha value is -3.75. The SMILES string of the molecule is CC1C=CC=C(c2ccc3c(=O)n4c(=O)c5ccccc5c5cc(Br)cc(c3c2)c54)C1C#N. The Morgan fingerprint density at radius 2 is 1.55 bits per heavy atom. The highest BCUT2D eigenvalue weighted by Gasteiger charge is 2.24. The summed E-state index contributed by atoms with van der Waals surface area (Å²) in [6, 6.07) is 19.4. The van der Waals surface area contributed by atoms with E-state index in [9.17, 15) is 14.9 Å². The molecule has 158 valence electrons. The molecule has 6 rings (SSSR count). The van der Waals surface area contributed by atoms with Crippen molar-refractivity contribution in [2.75, 3.05) is 0 Å². The van der Waals surface area contributed by atoms with E-state index in [4.69, 9.17) is 0 Å². The van der Waals surface area contributed by atoms with E-state index in [1.807, 2.05) is 67.6 Å². The summed E-state index contributed by atoms with van der Waals surface area (Å²) in [5.74, 6) is -0.148. The summed E-state index contributed by atoms with van der Waals surface area (Å²) in [5, 5.41) is 14.0. The Balaban J connectivity index is 1.81. The summed E-state index contributed by atoms with van der Waals surface area (Å²) < 4.78 is 2.18. The van der Waals surface area contributed by atoms with Crippen LogP contribution >= 0.6 is 15.9 Å². The molecule has 1 aliphatic rings. The predicted octanol–water partition coefficient (Wildman–Crippen LogP) is 6.05. The summed E-state index contributed by atoms with van der Waals surface area (Å²) in [6.45, 7) is 2.03. The third kappa shape index (κ3) is 2.74. The van der Waals surface area contributed by atoms with Gasteiger partial charge in [-0.05, 0) is 58.2 Å². The lowest BCUT2D eigenvalue weighted by Crippen LogP contribution is -2.27. The second-order valence-corrected chi connectivity index (χ2v) is 9.49. The summed E-state index contributed by atoms with van der Waals surface area (Å²) >= 11 is 3.63. The van der Waals surface area contributed by atoms with Gasteiger partial charge in [0.2, 0.25) is 0 Å². The van der Waals surface area contributed by atoms with Crippen molar-refractivity contribution in [3.8, 4) is 6.07 Å². The van der Waals surface area contributed by atoms with Crippen LogP contribution in [0.25, 0.3) is 43.4 Å². The van der Waals surface area contributed by atoms with Crippen LogP contribution in [0.1, 0.15) is 12.5 Å². The minimum atomic E-state index is -0.324. The minimum absolute atomic E-state index is 0.107. The molecule has 33 heavy (non-hydrogen) atoms. The first kappa shape index (κ1) is 19.9. The lowest BCUT2D eigenvalue weighted by Gasteiger charge is -2.22. The van der Waals surface area contributed by atoms with E-state index in [0.29, 0.717) is 16.3 Å². The molecule has 1 aliphatic carbocycles. The molecule has 5 heteroatoms. The molecule has 3 aromatic carbocycles. The first-order valence-electron chi connectivity index (χ1n) is 10.7. The number of nitrogens with zero attached hydrogens (tertiary/aromatic N) is 2. The van der Waals surface area contributed by atoms with Gasteiger partial charge in [0.1, 0.15) is 0 Å². The number of hydrogen-bond acceptors (Lipinski definition) is 3. The molecule has 0 radical (unpaired) electrons. The number of benzene rings is 3. The zero-order chi connectivity index (χ0) is 22.9.